The molecule has 0 N–H and O–H groups in total. The molecule has 4 rings (SSSR count). The van der Waals surface area contributed by atoms with Crippen LogP contribution in [0.2, 0.25) is 0 Å². The second-order valence-corrected chi connectivity index (χ2v) is 7.19. The summed E-state index contributed by atoms with van der Waals surface area (Å²) >= 11 is 0. The first-order chi connectivity index (χ1) is 12.1. The number of anilines is 1. The van der Waals surface area contributed by atoms with E-state index in [1.165, 1.54) is 12.8 Å². The van der Waals surface area contributed by atoms with Crippen molar-refractivity contribution in [2.75, 3.05) is 51.2 Å². The van der Waals surface area contributed by atoms with E-state index < -0.39 is 0 Å². The molecule has 25 heavy (non-hydrogen) atoms. The molecule has 0 unspecified atom stereocenters. The predicted molar refractivity (Wildman–Crippen MR) is 94.5 cm³/mol. The second-order valence-electron chi connectivity index (χ2n) is 7.19. The van der Waals surface area contributed by atoms with Crippen LogP contribution in [0.4, 0.5) is 5.82 Å². The van der Waals surface area contributed by atoms with Crippen molar-refractivity contribution in [3.05, 3.63) is 18.0 Å². The number of rotatable bonds is 5. The number of carbonyl (C=O) groups excluding carboxylic acids is 1. The highest BCUT2D eigenvalue weighted by Gasteiger charge is 2.26. The highest BCUT2D eigenvalue weighted by atomic mass is 16.2. The SMILES string of the molecule is Cc1nnc2ccc(N3CCN(CC(=O)N(C)CC4CC4)CC3)nn12. The first-order valence-electron chi connectivity index (χ1n) is 9.00. The molecule has 0 bridgehead atoms. The van der Waals surface area contributed by atoms with Crippen molar-refractivity contribution in [1.82, 2.24) is 29.6 Å². The molecule has 2 aromatic heterocycles. The zero-order valence-corrected chi connectivity index (χ0v) is 14.9. The molecule has 0 spiro atoms. The van der Waals surface area contributed by atoms with Gasteiger partial charge >= 0.3 is 0 Å². The van der Waals surface area contributed by atoms with Crippen molar-refractivity contribution in [3.63, 3.8) is 0 Å². The Kier molecular flexibility index (Phi) is 4.29. The Balaban J connectivity index is 1.32. The van der Waals surface area contributed by atoms with Gasteiger partial charge in [0, 0.05) is 39.8 Å². The molecule has 0 aromatic carbocycles. The lowest BCUT2D eigenvalue weighted by molar-refractivity contribution is -0.131. The summed E-state index contributed by atoms with van der Waals surface area (Å²) in [6.45, 7) is 6.85. The zero-order chi connectivity index (χ0) is 17.4. The molecule has 1 amide bonds. The number of fused-ring (bicyclic) bond motifs is 1. The third kappa shape index (κ3) is 3.58. The number of amides is 1. The second kappa shape index (κ2) is 6.59. The number of nitrogens with zero attached hydrogens (tertiary/aromatic N) is 7. The van der Waals surface area contributed by atoms with E-state index in [1.54, 1.807) is 4.52 Å². The van der Waals surface area contributed by atoms with Gasteiger partial charge in [-0.05, 0) is 37.8 Å². The van der Waals surface area contributed by atoms with Crippen LogP contribution in [0.1, 0.15) is 18.7 Å². The fraction of sp³-hybridized carbons (Fsp3) is 0.647. The summed E-state index contributed by atoms with van der Waals surface area (Å²) in [5.74, 6) is 2.71. The van der Waals surface area contributed by atoms with Gasteiger partial charge in [0.25, 0.3) is 0 Å². The van der Waals surface area contributed by atoms with Crippen molar-refractivity contribution < 1.29 is 4.79 Å². The molecule has 0 atom stereocenters. The van der Waals surface area contributed by atoms with E-state index in [-0.39, 0.29) is 5.91 Å². The summed E-state index contributed by atoms with van der Waals surface area (Å²) in [5.41, 5.74) is 0.768. The normalized spacial score (nSPS) is 18.7. The number of aryl methyl sites for hydroxylation is 1. The van der Waals surface area contributed by atoms with Gasteiger partial charge in [-0.1, -0.05) is 0 Å². The molecule has 134 valence electrons. The van der Waals surface area contributed by atoms with Gasteiger partial charge in [-0.2, -0.15) is 4.52 Å². The van der Waals surface area contributed by atoms with Crippen LogP contribution < -0.4 is 4.90 Å². The first-order valence-corrected chi connectivity index (χ1v) is 9.00. The lowest BCUT2D eigenvalue weighted by atomic mass is 10.3. The topological polar surface area (TPSA) is 69.9 Å². The van der Waals surface area contributed by atoms with Gasteiger partial charge in [0.05, 0.1) is 6.54 Å². The Morgan fingerprint density at radius 2 is 1.96 bits per heavy atom. The van der Waals surface area contributed by atoms with Crippen LogP contribution in [-0.4, -0.2) is 81.8 Å². The summed E-state index contributed by atoms with van der Waals surface area (Å²) in [5, 5.41) is 12.8. The van der Waals surface area contributed by atoms with E-state index in [2.05, 4.69) is 25.1 Å². The molecule has 2 aromatic rings. The average Bonchev–Trinajstić information content (AvgIpc) is 3.37. The Labute approximate surface area is 147 Å². The molecule has 1 saturated heterocycles. The standard InChI is InChI=1S/C17H25N7O/c1-13-18-19-15-5-6-16(20-24(13)15)23-9-7-22(8-10-23)12-17(25)21(2)11-14-3-4-14/h5-6,14H,3-4,7-12H2,1-2H3. The lowest BCUT2D eigenvalue weighted by Gasteiger charge is -2.35. The quantitative estimate of drug-likeness (QED) is 0.784. The third-order valence-electron chi connectivity index (χ3n) is 5.11. The highest BCUT2D eigenvalue weighted by Crippen LogP contribution is 2.29. The lowest BCUT2D eigenvalue weighted by Crippen LogP contribution is -2.50. The highest BCUT2D eigenvalue weighted by molar-refractivity contribution is 5.78. The zero-order valence-electron chi connectivity index (χ0n) is 14.9. The van der Waals surface area contributed by atoms with Crippen LogP contribution in [0.5, 0.6) is 0 Å². The van der Waals surface area contributed by atoms with Crippen LogP contribution >= 0.6 is 0 Å². The monoisotopic (exact) mass is 343 g/mol. The van der Waals surface area contributed by atoms with Crippen molar-refractivity contribution in [1.29, 1.82) is 0 Å². The maximum atomic E-state index is 12.3. The van der Waals surface area contributed by atoms with Gasteiger partial charge in [0.2, 0.25) is 5.91 Å². The number of hydrogen-bond acceptors (Lipinski definition) is 6. The third-order valence-corrected chi connectivity index (χ3v) is 5.11. The summed E-state index contributed by atoms with van der Waals surface area (Å²) < 4.78 is 1.78. The Morgan fingerprint density at radius 1 is 1.20 bits per heavy atom. The Hall–Kier alpha value is -2.22. The number of piperazine rings is 1. The van der Waals surface area contributed by atoms with Crippen LogP contribution in [0.25, 0.3) is 5.65 Å². The average molecular weight is 343 g/mol. The minimum absolute atomic E-state index is 0.236. The van der Waals surface area contributed by atoms with Crippen molar-refractivity contribution >= 4 is 17.4 Å². The van der Waals surface area contributed by atoms with Crippen molar-refractivity contribution in [2.24, 2.45) is 5.92 Å². The Bertz CT molecular complexity index is 761. The molecule has 0 radical (unpaired) electrons. The maximum absolute atomic E-state index is 12.3. The fourth-order valence-electron chi connectivity index (χ4n) is 3.29. The van der Waals surface area contributed by atoms with Gasteiger partial charge in [-0.3, -0.25) is 9.69 Å². The largest absolute Gasteiger partial charge is 0.353 e. The van der Waals surface area contributed by atoms with Gasteiger partial charge in [0.15, 0.2) is 11.5 Å². The number of hydrogen-bond donors (Lipinski definition) is 0. The van der Waals surface area contributed by atoms with E-state index in [1.807, 2.05) is 31.0 Å². The first kappa shape index (κ1) is 16.3. The molecule has 2 aliphatic rings. The van der Waals surface area contributed by atoms with E-state index in [4.69, 9.17) is 0 Å². The van der Waals surface area contributed by atoms with Gasteiger partial charge in [-0.15, -0.1) is 15.3 Å². The van der Waals surface area contributed by atoms with Crippen LogP contribution in [0.3, 0.4) is 0 Å². The minimum Gasteiger partial charge on any atom is -0.353 e. The summed E-state index contributed by atoms with van der Waals surface area (Å²) in [4.78, 5) is 18.7. The molecule has 1 aliphatic heterocycles. The van der Waals surface area contributed by atoms with Gasteiger partial charge in [-0.25, -0.2) is 0 Å². The number of carbonyl (C=O) groups is 1. The molecule has 3 heterocycles. The molecular formula is C17H25N7O. The Morgan fingerprint density at radius 3 is 2.68 bits per heavy atom. The molecule has 8 heteroatoms. The molecule has 2 fully saturated rings. The van der Waals surface area contributed by atoms with Crippen LogP contribution in [-0.2, 0) is 4.79 Å². The number of aromatic nitrogens is 4. The van der Waals surface area contributed by atoms with E-state index in [0.29, 0.717) is 6.54 Å². The van der Waals surface area contributed by atoms with Crippen LogP contribution in [0.15, 0.2) is 12.1 Å². The molecular weight excluding hydrogens is 318 g/mol. The van der Waals surface area contributed by atoms with Gasteiger partial charge in [0.1, 0.15) is 5.82 Å². The summed E-state index contributed by atoms with van der Waals surface area (Å²) in [6, 6.07) is 3.94. The smallest absolute Gasteiger partial charge is 0.236 e. The minimum atomic E-state index is 0.236. The van der Waals surface area contributed by atoms with Crippen molar-refractivity contribution in [3.8, 4) is 0 Å². The molecule has 1 saturated carbocycles. The summed E-state index contributed by atoms with van der Waals surface area (Å²) in [7, 11) is 1.93. The fourth-order valence-corrected chi connectivity index (χ4v) is 3.29. The predicted octanol–water partition coefficient (Wildman–Crippen LogP) is 0.423. The summed E-state index contributed by atoms with van der Waals surface area (Å²) in [6.07, 6.45) is 2.55. The van der Waals surface area contributed by atoms with E-state index in [9.17, 15) is 4.79 Å². The van der Waals surface area contributed by atoms with Crippen molar-refractivity contribution in [2.45, 2.75) is 19.8 Å². The van der Waals surface area contributed by atoms with Gasteiger partial charge < -0.3 is 9.80 Å². The maximum Gasteiger partial charge on any atom is 0.236 e. The molecule has 8 nitrogen and oxygen atoms in total. The molecule has 1 aliphatic carbocycles. The van der Waals surface area contributed by atoms with E-state index in [0.717, 1.165) is 55.9 Å². The number of likely N-dealkylation sites (N-methyl/N-ethyl adjacent to an activating group) is 1. The van der Waals surface area contributed by atoms with Crippen LogP contribution in [0, 0.1) is 12.8 Å². The van der Waals surface area contributed by atoms with E-state index >= 15 is 0 Å².